The van der Waals surface area contributed by atoms with Gasteiger partial charge in [-0.2, -0.15) is 0 Å². The van der Waals surface area contributed by atoms with Crippen LogP contribution in [0.5, 0.6) is 0 Å². The first-order valence-corrected chi connectivity index (χ1v) is 11.3. The Labute approximate surface area is 201 Å². The van der Waals surface area contributed by atoms with E-state index in [2.05, 4.69) is 20.2 Å². The molecule has 1 fully saturated rings. The largest absolute Gasteiger partial charge is 0.378 e. The fourth-order valence-corrected chi connectivity index (χ4v) is 4.19. The van der Waals surface area contributed by atoms with Crippen LogP contribution in [0.4, 0.5) is 21.7 Å². The van der Waals surface area contributed by atoms with Gasteiger partial charge in [0.15, 0.2) is 5.82 Å². The minimum absolute atomic E-state index is 0.207. The third kappa shape index (κ3) is 4.85. The van der Waals surface area contributed by atoms with E-state index in [9.17, 15) is 9.18 Å². The molecule has 1 amide bonds. The first kappa shape index (κ1) is 22.5. The first-order valence-electron chi connectivity index (χ1n) is 11.3. The molecule has 4 aromatic rings. The summed E-state index contributed by atoms with van der Waals surface area (Å²) in [7, 11) is 1.88. The van der Waals surface area contributed by atoms with E-state index in [1.165, 1.54) is 12.3 Å². The lowest BCUT2D eigenvalue weighted by Crippen LogP contribution is -2.36. The highest BCUT2D eigenvalue weighted by molar-refractivity contribution is 5.97. The Hall–Kier alpha value is -4.24. The molecule has 1 aliphatic heterocycles. The van der Waals surface area contributed by atoms with Crippen molar-refractivity contribution >= 4 is 40.2 Å². The summed E-state index contributed by atoms with van der Waals surface area (Å²) in [6, 6.07) is 13.6. The number of nitrogens with one attached hydrogen (secondary N) is 1. The van der Waals surface area contributed by atoms with Gasteiger partial charge in [0.25, 0.3) is 0 Å². The number of benzene rings is 2. The van der Waals surface area contributed by atoms with E-state index in [0.717, 1.165) is 54.1 Å². The molecule has 0 atom stereocenters. The van der Waals surface area contributed by atoms with Crippen LogP contribution in [0.1, 0.15) is 5.56 Å². The number of aryl methyl sites for hydroxylation is 1. The van der Waals surface area contributed by atoms with Crippen LogP contribution >= 0.6 is 0 Å². The molecule has 0 bridgehead atoms. The molecule has 1 saturated heterocycles. The van der Waals surface area contributed by atoms with Gasteiger partial charge in [0.2, 0.25) is 11.9 Å². The number of halogens is 1. The molecule has 0 unspecified atom stereocenters. The SMILES string of the molecule is Cn1cc(-c2nc(Nc3ccc(N4CCOCC4)cc3)ncc2F)c2ccc(C=CC(N)=O)cc21. The molecule has 9 heteroatoms. The van der Waals surface area contributed by atoms with Crippen molar-refractivity contribution in [3.8, 4) is 11.3 Å². The summed E-state index contributed by atoms with van der Waals surface area (Å²) in [5.74, 6) is -0.724. The van der Waals surface area contributed by atoms with Gasteiger partial charge in [-0.15, -0.1) is 0 Å². The third-order valence-corrected chi connectivity index (χ3v) is 5.95. The van der Waals surface area contributed by atoms with Crippen LogP contribution in [-0.2, 0) is 16.6 Å². The summed E-state index contributed by atoms with van der Waals surface area (Å²) in [6.07, 6.45) is 5.96. The van der Waals surface area contributed by atoms with Gasteiger partial charge in [-0.05, 0) is 42.0 Å². The standard InChI is InChI=1S/C26H25FN6O2/c1-32-16-21(20-8-2-17(14-23(20)32)3-9-24(28)34)25-22(27)15-29-26(31-25)30-18-4-6-19(7-5-18)33-10-12-35-13-11-33/h2-9,14-16H,10-13H2,1H3,(H2,28,34)(H,29,30,31). The number of aromatic nitrogens is 3. The minimum atomic E-state index is -0.517. The van der Waals surface area contributed by atoms with E-state index >= 15 is 0 Å². The maximum atomic E-state index is 14.8. The molecule has 3 heterocycles. The number of amides is 1. The molecule has 0 radical (unpaired) electrons. The number of primary amides is 1. The molecule has 0 aliphatic carbocycles. The maximum Gasteiger partial charge on any atom is 0.241 e. The Morgan fingerprint density at radius 3 is 2.69 bits per heavy atom. The molecule has 3 N–H and O–H groups in total. The Morgan fingerprint density at radius 2 is 1.94 bits per heavy atom. The highest BCUT2D eigenvalue weighted by Crippen LogP contribution is 2.32. The lowest BCUT2D eigenvalue weighted by molar-refractivity contribution is -0.113. The Bertz CT molecular complexity index is 1410. The van der Waals surface area contributed by atoms with Crippen molar-refractivity contribution in [3.05, 3.63) is 72.3 Å². The van der Waals surface area contributed by atoms with Gasteiger partial charge in [-0.3, -0.25) is 4.79 Å². The smallest absolute Gasteiger partial charge is 0.241 e. The topological polar surface area (TPSA) is 98.3 Å². The predicted molar refractivity (Wildman–Crippen MR) is 135 cm³/mol. The third-order valence-electron chi connectivity index (χ3n) is 5.95. The molecule has 5 rings (SSSR count). The monoisotopic (exact) mass is 472 g/mol. The second-order valence-electron chi connectivity index (χ2n) is 8.33. The summed E-state index contributed by atoms with van der Waals surface area (Å²) in [6.45, 7) is 3.19. The number of nitrogens with zero attached hydrogens (tertiary/aromatic N) is 4. The van der Waals surface area contributed by atoms with E-state index in [1.807, 2.05) is 60.3 Å². The summed E-state index contributed by atoms with van der Waals surface area (Å²) in [4.78, 5) is 21.9. The zero-order valence-electron chi connectivity index (χ0n) is 19.2. The van der Waals surface area contributed by atoms with Gasteiger partial charge in [0.1, 0.15) is 5.69 Å². The molecule has 2 aromatic carbocycles. The average Bonchev–Trinajstić information content (AvgIpc) is 3.20. The van der Waals surface area contributed by atoms with E-state index in [1.54, 1.807) is 6.08 Å². The summed E-state index contributed by atoms with van der Waals surface area (Å²) >= 11 is 0. The fourth-order valence-electron chi connectivity index (χ4n) is 4.19. The zero-order chi connectivity index (χ0) is 24.4. The van der Waals surface area contributed by atoms with Crippen LogP contribution in [0.25, 0.3) is 28.2 Å². The van der Waals surface area contributed by atoms with Gasteiger partial charge < -0.3 is 25.3 Å². The number of morpholine rings is 1. The van der Waals surface area contributed by atoms with Gasteiger partial charge in [0.05, 0.1) is 19.4 Å². The number of hydrogen-bond acceptors (Lipinski definition) is 6. The molecular formula is C26H25FN6O2. The molecule has 178 valence electrons. The van der Waals surface area contributed by atoms with Gasteiger partial charge >= 0.3 is 0 Å². The molecule has 0 saturated carbocycles. The maximum absolute atomic E-state index is 14.8. The summed E-state index contributed by atoms with van der Waals surface area (Å²) in [5.41, 5.74) is 9.67. The van der Waals surface area contributed by atoms with Crippen LogP contribution in [0, 0.1) is 5.82 Å². The van der Waals surface area contributed by atoms with E-state index in [-0.39, 0.29) is 5.69 Å². The van der Waals surface area contributed by atoms with Crippen LogP contribution in [0.15, 0.2) is 60.9 Å². The van der Waals surface area contributed by atoms with Gasteiger partial charge in [0, 0.05) is 60.3 Å². The summed E-state index contributed by atoms with van der Waals surface area (Å²) in [5, 5.41) is 4.01. The van der Waals surface area contributed by atoms with Crippen LogP contribution in [-0.4, -0.2) is 46.7 Å². The molecule has 0 spiro atoms. The highest BCUT2D eigenvalue weighted by atomic mass is 19.1. The second kappa shape index (κ2) is 9.55. The van der Waals surface area contributed by atoms with Crippen molar-refractivity contribution in [2.75, 3.05) is 36.5 Å². The van der Waals surface area contributed by atoms with Crippen molar-refractivity contribution in [2.24, 2.45) is 12.8 Å². The molecule has 8 nitrogen and oxygen atoms in total. The average molecular weight is 473 g/mol. The van der Waals surface area contributed by atoms with E-state index in [4.69, 9.17) is 10.5 Å². The van der Waals surface area contributed by atoms with Gasteiger partial charge in [-0.1, -0.05) is 12.1 Å². The van der Waals surface area contributed by atoms with Crippen LogP contribution < -0.4 is 16.0 Å². The summed E-state index contributed by atoms with van der Waals surface area (Å²) < 4.78 is 22.1. The molecule has 2 aromatic heterocycles. The second-order valence-corrected chi connectivity index (χ2v) is 8.33. The minimum Gasteiger partial charge on any atom is -0.378 e. The van der Waals surface area contributed by atoms with E-state index in [0.29, 0.717) is 11.5 Å². The van der Waals surface area contributed by atoms with Gasteiger partial charge in [-0.25, -0.2) is 14.4 Å². The quantitative estimate of drug-likeness (QED) is 0.414. The molecule has 35 heavy (non-hydrogen) atoms. The van der Waals surface area contributed by atoms with Crippen molar-refractivity contribution in [1.29, 1.82) is 0 Å². The number of carbonyl (C=O) groups excluding carboxylic acids is 1. The van der Waals surface area contributed by atoms with E-state index < -0.39 is 11.7 Å². The number of anilines is 3. The lowest BCUT2D eigenvalue weighted by Gasteiger charge is -2.28. The Morgan fingerprint density at radius 1 is 1.17 bits per heavy atom. The number of nitrogens with two attached hydrogens (primary N) is 1. The normalized spacial score (nSPS) is 14.1. The number of ether oxygens (including phenoxy) is 1. The van der Waals surface area contributed by atoms with Crippen LogP contribution in [0.2, 0.25) is 0 Å². The zero-order valence-corrected chi connectivity index (χ0v) is 19.2. The highest BCUT2D eigenvalue weighted by Gasteiger charge is 2.16. The van der Waals surface area contributed by atoms with Crippen molar-refractivity contribution in [3.63, 3.8) is 0 Å². The molecule has 1 aliphatic rings. The molecular weight excluding hydrogens is 447 g/mol. The number of carbonyl (C=O) groups is 1. The number of hydrogen-bond donors (Lipinski definition) is 2. The van der Waals surface area contributed by atoms with Crippen molar-refractivity contribution in [2.45, 2.75) is 0 Å². The Kier molecular flexibility index (Phi) is 6.15. The number of rotatable bonds is 6. The lowest BCUT2D eigenvalue weighted by atomic mass is 10.1. The number of fused-ring (bicyclic) bond motifs is 1. The Balaban J connectivity index is 1.42. The fraction of sp³-hybridized carbons (Fsp3) is 0.192. The van der Waals surface area contributed by atoms with Crippen molar-refractivity contribution in [1.82, 2.24) is 14.5 Å². The van der Waals surface area contributed by atoms with Crippen molar-refractivity contribution < 1.29 is 13.9 Å². The van der Waals surface area contributed by atoms with Crippen LogP contribution in [0.3, 0.4) is 0 Å². The predicted octanol–water partition coefficient (Wildman–Crippen LogP) is 3.85. The first-order chi connectivity index (χ1) is 17.0.